The zero-order chi connectivity index (χ0) is 24.2. The van der Waals surface area contributed by atoms with Gasteiger partial charge in [0, 0.05) is 19.1 Å². The number of benzene rings is 1. The largest absolute Gasteiger partial charge is 0.444 e. The molecule has 1 atom stereocenters. The lowest BCUT2D eigenvalue weighted by atomic mass is 10.0. The van der Waals surface area contributed by atoms with E-state index >= 15 is 0 Å². The number of amides is 2. The van der Waals surface area contributed by atoms with Gasteiger partial charge in [-0.25, -0.2) is 4.79 Å². The van der Waals surface area contributed by atoms with Crippen molar-refractivity contribution in [3.63, 3.8) is 0 Å². The summed E-state index contributed by atoms with van der Waals surface area (Å²) >= 11 is 1.40. The molecule has 0 radical (unpaired) electrons. The summed E-state index contributed by atoms with van der Waals surface area (Å²) in [6, 6.07) is 6.25. The Labute approximate surface area is 200 Å². The van der Waals surface area contributed by atoms with Gasteiger partial charge in [0.2, 0.25) is 5.91 Å². The summed E-state index contributed by atoms with van der Waals surface area (Å²) in [4.78, 5) is 27.1. The van der Waals surface area contributed by atoms with Gasteiger partial charge in [0.05, 0.1) is 11.4 Å². The number of nitrogens with zero attached hydrogens (tertiary/aromatic N) is 4. The number of hydrogen-bond donors (Lipinski definition) is 1. The van der Waals surface area contributed by atoms with Crippen LogP contribution >= 0.6 is 11.8 Å². The second-order valence-corrected chi connectivity index (χ2v) is 10.5. The van der Waals surface area contributed by atoms with E-state index in [9.17, 15) is 9.59 Å². The molecule has 1 aromatic carbocycles. The fraction of sp³-hybridized carbons (Fsp3) is 0.583. The number of carbonyl (C=O) groups is 2. The maximum absolute atomic E-state index is 13.1. The van der Waals surface area contributed by atoms with E-state index in [0.717, 1.165) is 41.9 Å². The number of thioether (sulfide) groups is 1. The Morgan fingerprint density at radius 2 is 1.94 bits per heavy atom. The van der Waals surface area contributed by atoms with E-state index in [0.29, 0.717) is 18.2 Å². The molecule has 0 saturated carbocycles. The molecule has 1 fully saturated rings. The van der Waals surface area contributed by atoms with Gasteiger partial charge >= 0.3 is 6.09 Å². The molecule has 0 aliphatic carbocycles. The molecule has 1 saturated heterocycles. The fourth-order valence-electron chi connectivity index (χ4n) is 3.94. The first-order valence-corrected chi connectivity index (χ1v) is 12.4. The van der Waals surface area contributed by atoms with E-state index in [-0.39, 0.29) is 17.7 Å². The quantitative estimate of drug-likeness (QED) is 0.633. The van der Waals surface area contributed by atoms with Crippen LogP contribution in [0.5, 0.6) is 0 Å². The van der Waals surface area contributed by atoms with Gasteiger partial charge in [0.15, 0.2) is 5.16 Å². The van der Waals surface area contributed by atoms with Crippen LogP contribution in [-0.2, 0) is 9.53 Å². The van der Waals surface area contributed by atoms with Crippen LogP contribution in [0.4, 0.5) is 4.79 Å². The second kappa shape index (κ2) is 10.6. The fourth-order valence-corrected chi connectivity index (χ4v) is 4.82. The van der Waals surface area contributed by atoms with Crippen molar-refractivity contribution in [2.75, 3.05) is 18.8 Å². The lowest BCUT2D eigenvalue weighted by Crippen LogP contribution is -2.50. The van der Waals surface area contributed by atoms with Gasteiger partial charge in [-0.1, -0.05) is 23.9 Å². The van der Waals surface area contributed by atoms with Crippen molar-refractivity contribution < 1.29 is 14.3 Å². The average Bonchev–Trinajstić information content (AvgIpc) is 3.11. The minimum absolute atomic E-state index is 0.0296. The normalized spacial score (nSPS) is 16.5. The number of piperidine rings is 1. The van der Waals surface area contributed by atoms with Gasteiger partial charge in [0.25, 0.3) is 0 Å². The van der Waals surface area contributed by atoms with Crippen molar-refractivity contribution in [1.82, 2.24) is 25.0 Å². The van der Waals surface area contributed by atoms with E-state index in [1.807, 2.05) is 37.2 Å². The summed E-state index contributed by atoms with van der Waals surface area (Å²) in [6.07, 6.45) is 2.42. The number of nitrogens with one attached hydrogen (secondary N) is 1. The zero-order valence-electron chi connectivity index (χ0n) is 20.5. The molecule has 1 N–H and O–H groups in total. The predicted octanol–water partition coefficient (Wildman–Crippen LogP) is 4.19. The highest BCUT2D eigenvalue weighted by Crippen LogP contribution is 2.26. The van der Waals surface area contributed by atoms with Gasteiger partial charge in [0.1, 0.15) is 11.4 Å². The summed E-state index contributed by atoms with van der Waals surface area (Å²) in [5, 5.41) is 12.1. The molecule has 2 heterocycles. The number of ether oxygens (including phenoxy) is 1. The van der Waals surface area contributed by atoms with E-state index in [1.165, 1.54) is 11.8 Å². The molecule has 0 spiro atoms. The van der Waals surface area contributed by atoms with Gasteiger partial charge in [-0.15, -0.1) is 10.2 Å². The van der Waals surface area contributed by atoms with Gasteiger partial charge in [-0.2, -0.15) is 0 Å². The molecule has 1 unspecified atom stereocenters. The van der Waals surface area contributed by atoms with Crippen LogP contribution in [0, 0.1) is 20.8 Å². The number of aromatic nitrogens is 3. The van der Waals surface area contributed by atoms with Crippen LogP contribution in [0.25, 0.3) is 5.69 Å². The maximum atomic E-state index is 13.1. The summed E-state index contributed by atoms with van der Waals surface area (Å²) in [5.74, 6) is 1.10. The van der Waals surface area contributed by atoms with Gasteiger partial charge in [-0.05, 0) is 78.0 Å². The topological polar surface area (TPSA) is 89.4 Å². The summed E-state index contributed by atoms with van der Waals surface area (Å²) in [7, 11) is 0. The third-order valence-corrected chi connectivity index (χ3v) is 6.47. The van der Waals surface area contributed by atoms with Gasteiger partial charge in [-0.3, -0.25) is 9.36 Å². The van der Waals surface area contributed by atoms with Crippen LogP contribution in [0.15, 0.2) is 23.4 Å². The standard InChI is InChI=1S/C24H35N5O3S/c1-16-10-11-17(2)20(13-16)29-18(3)26-27-22(29)33-15-21(30)28-12-8-7-9-19(28)14-25-23(31)32-24(4,5)6/h10-11,13,19H,7-9,12,14-15H2,1-6H3,(H,25,31). The monoisotopic (exact) mass is 473 g/mol. The third kappa shape index (κ3) is 6.72. The minimum Gasteiger partial charge on any atom is -0.444 e. The first-order chi connectivity index (χ1) is 15.5. The Kier molecular flexibility index (Phi) is 8.05. The van der Waals surface area contributed by atoms with Crippen LogP contribution in [0.3, 0.4) is 0 Å². The van der Waals surface area contributed by atoms with E-state index in [1.54, 1.807) is 0 Å². The summed E-state index contributed by atoms with van der Waals surface area (Å²) in [6.45, 7) is 12.6. The summed E-state index contributed by atoms with van der Waals surface area (Å²) < 4.78 is 7.34. The highest BCUT2D eigenvalue weighted by Gasteiger charge is 2.28. The van der Waals surface area contributed by atoms with Crippen molar-refractivity contribution >= 4 is 23.8 Å². The highest BCUT2D eigenvalue weighted by molar-refractivity contribution is 7.99. The molecule has 1 aliphatic rings. The zero-order valence-corrected chi connectivity index (χ0v) is 21.3. The number of alkyl carbamates (subject to hydrolysis) is 1. The van der Waals surface area contributed by atoms with Crippen LogP contribution in [-0.4, -0.2) is 62.2 Å². The van der Waals surface area contributed by atoms with E-state index in [2.05, 4.69) is 47.6 Å². The number of carbonyl (C=O) groups excluding carboxylic acids is 2. The Morgan fingerprint density at radius 1 is 1.18 bits per heavy atom. The third-order valence-electron chi connectivity index (χ3n) is 5.55. The number of aryl methyl sites for hydroxylation is 3. The second-order valence-electron chi connectivity index (χ2n) is 9.56. The van der Waals surface area contributed by atoms with Gasteiger partial charge < -0.3 is 15.0 Å². The Hall–Kier alpha value is -2.55. The molecule has 180 valence electrons. The van der Waals surface area contributed by atoms with Crippen molar-refractivity contribution in [2.45, 2.75) is 77.6 Å². The Balaban J connectivity index is 1.65. The predicted molar refractivity (Wildman–Crippen MR) is 130 cm³/mol. The minimum atomic E-state index is -0.549. The first kappa shape index (κ1) is 25.1. The molecular weight excluding hydrogens is 438 g/mol. The first-order valence-electron chi connectivity index (χ1n) is 11.4. The highest BCUT2D eigenvalue weighted by atomic mass is 32.2. The van der Waals surface area contributed by atoms with Crippen molar-refractivity contribution in [3.05, 3.63) is 35.2 Å². The van der Waals surface area contributed by atoms with E-state index in [4.69, 9.17) is 4.74 Å². The number of likely N-dealkylation sites (tertiary alicyclic amines) is 1. The van der Waals surface area contributed by atoms with Crippen molar-refractivity contribution in [3.8, 4) is 5.69 Å². The van der Waals surface area contributed by atoms with E-state index < -0.39 is 11.7 Å². The number of rotatable bonds is 6. The lowest BCUT2D eigenvalue weighted by molar-refractivity contribution is -0.131. The smallest absolute Gasteiger partial charge is 0.407 e. The molecule has 2 amide bonds. The average molecular weight is 474 g/mol. The molecule has 33 heavy (non-hydrogen) atoms. The maximum Gasteiger partial charge on any atom is 0.407 e. The van der Waals surface area contributed by atoms with Crippen LogP contribution in [0.2, 0.25) is 0 Å². The number of hydrogen-bond acceptors (Lipinski definition) is 6. The van der Waals surface area contributed by atoms with Crippen molar-refractivity contribution in [2.24, 2.45) is 0 Å². The molecule has 2 aromatic rings. The molecule has 1 aliphatic heterocycles. The molecular formula is C24H35N5O3S. The molecule has 0 bridgehead atoms. The lowest BCUT2D eigenvalue weighted by Gasteiger charge is -2.36. The molecule has 3 rings (SSSR count). The molecule has 8 nitrogen and oxygen atoms in total. The van der Waals surface area contributed by atoms with Crippen LogP contribution < -0.4 is 5.32 Å². The van der Waals surface area contributed by atoms with Crippen molar-refractivity contribution in [1.29, 1.82) is 0 Å². The molecule has 1 aromatic heterocycles. The van der Waals surface area contributed by atoms with Crippen LogP contribution in [0.1, 0.15) is 57.0 Å². The Bertz CT molecular complexity index is 998. The molecule has 9 heteroatoms. The Morgan fingerprint density at radius 3 is 2.67 bits per heavy atom. The summed E-state index contributed by atoms with van der Waals surface area (Å²) in [5.41, 5.74) is 2.77. The SMILES string of the molecule is Cc1ccc(C)c(-n2c(C)nnc2SCC(=O)N2CCCCC2CNC(=O)OC(C)(C)C)c1.